The first kappa shape index (κ1) is 22.4. The molecule has 0 saturated carbocycles. The molecular weight excluding hydrogens is 296 g/mol. The zero-order valence-corrected chi connectivity index (χ0v) is 15.3. The molecule has 0 fully saturated rings. The van der Waals surface area contributed by atoms with Gasteiger partial charge in [0.15, 0.2) is 0 Å². The average molecular weight is 332 g/mol. The standard InChI is InChI=1S/C18H36O5/c1-4-5-6-7-8-9-10-18(19)23-16-14-21-12-11-20-13-15-22-17(2)3/h17H,4-16H2,1-3H3. The molecule has 5 heteroatoms. The third-order valence-corrected chi connectivity index (χ3v) is 3.28. The molecule has 0 atom stereocenters. The fraction of sp³-hybridized carbons (Fsp3) is 0.944. The van der Waals surface area contributed by atoms with E-state index < -0.39 is 0 Å². The smallest absolute Gasteiger partial charge is 0.305 e. The van der Waals surface area contributed by atoms with Gasteiger partial charge in [-0.2, -0.15) is 0 Å². The van der Waals surface area contributed by atoms with E-state index in [0.717, 1.165) is 12.8 Å². The molecule has 0 aromatic heterocycles. The summed E-state index contributed by atoms with van der Waals surface area (Å²) in [5.41, 5.74) is 0. The van der Waals surface area contributed by atoms with Crippen LogP contribution in [0.1, 0.15) is 65.7 Å². The van der Waals surface area contributed by atoms with Crippen molar-refractivity contribution in [3.8, 4) is 0 Å². The summed E-state index contributed by atoms with van der Waals surface area (Å²) in [5, 5.41) is 0. The van der Waals surface area contributed by atoms with Crippen LogP contribution in [0.25, 0.3) is 0 Å². The van der Waals surface area contributed by atoms with Crippen LogP contribution in [0.3, 0.4) is 0 Å². The largest absolute Gasteiger partial charge is 0.463 e. The topological polar surface area (TPSA) is 54.0 Å². The highest BCUT2D eigenvalue weighted by Crippen LogP contribution is 2.07. The van der Waals surface area contributed by atoms with Crippen LogP contribution in [0.5, 0.6) is 0 Å². The van der Waals surface area contributed by atoms with Crippen molar-refractivity contribution in [2.75, 3.05) is 39.6 Å². The van der Waals surface area contributed by atoms with Gasteiger partial charge in [-0.15, -0.1) is 0 Å². The van der Waals surface area contributed by atoms with E-state index in [1.807, 2.05) is 13.8 Å². The summed E-state index contributed by atoms with van der Waals surface area (Å²) in [6.07, 6.45) is 7.82. The third kappa shape index (κ3) is 19.3. The van der Waals surface area contributed by atoms with Crippen molar-refractivity contribution in [3.05, 3.63) is 0 Å². The molecule has 23 heavy (non-hydrogen) atoms. The summed E-state index contributed by atoms with van der Waals surface area (Å²) in [7, 11) is 0. The lowest BCUT2D eigenvalue weighted by molar-refractivity contribution is -0.145. The second-order valence-electron chi connectivity index (χ2n) is 5.88. The molecule has 0 rings (SSSR count). The van der Waals surface area contributed by atoms with Gasteiger partial charge in [-0.25, -0.2) is 0 Å². The van der Waals surface area contributed by atoms with E-state index in [1.165, 1.54) is 25.7 Å². The molecule has 0 aliphatic rings. The molecule has 0 amide bonds. The van der Waals surface area contributed by atoms with E-state index in [9.17, 15) is 4.79 Å². The zero-order chi connectivity index (χ0) is 17.2. The summed E-state index contributed by atoms with van der Waals surface area (Å²) in [4.78, 5) is 11.5. The minimum Gasteiger partial charge on any atom is -0.463 e. The molecule has 0 unspecified atom stereocenters. The predicted molar refractivity (Wildman–Crippen MR) is 91.7 cm³/mol. The maximum Gasteiger partial charge on any atom is 0.305 e. The molecule has 0 aromatic rings. The highest BCUT2D eigenvalue weighted by atomic mass is 16.6. The summed E-state index contributed by atoms with van der Waals surface area (Å²) in [6.45, 7) is 9.17. The van der Waals surface area contributed by atoms with Gasteiger partial charge in [0, 0.05) is 6.42 Å². The maximum absolute atomic E-state index is 11.5. The Morgan fingerprint density at radius 3 is 2.00 bits per heavy atom. The molecule has 0 spiro atoms. The molecule has 0 aliphatic heterocycles. The molecule has 0 saturated heterocycles. The molecule has 138 valence electrons. The predicted octanol–water partition coefficient (Wildman–Crippen LogP) is 3.74. The van der Waals surface area contributed by atoms with Crippen LogP contribution in [-0.4, -0.2) is 51.7 Å². The van der Waals surface area contributed by atoms with Gasteiger partial charge in [-0.1, -0.05) is 39.0 Å². The van der Waals surface area contributed by atoms with E-state index in [2.05, 4.69) is 6.92 Å². The van der Waals surface area contributed by atoms with Gasteiger partial charge in [0.25, 0.3) is 0 Å². The Labute approximate surface area is 142 Å². The Bertz CT molecular complexity index is 256. The van der Waals surface area contributed by atoms with Crippen LogP contribution >= 0.6 is 0 Å². The molecule has 5 nitrogen and oxygen atoms in total. The summed E-state index contributed by atoms with van der Waals surface area (Å²) < 4.78 is 21.2. The maximum atomic E-state index is 11.5. The molecule has 0 aliphatic carbocycles. The molecule has 0 N–H and O–H groups in total. The lowest BCUT2D eigenvalue weighted by Crippen LogP contribution is -2.14. The molecule has 0 heterocycles. The van der Waals surface area contributed by atoms with Crippen LogP contribution in [0.15, 0.2) is 0 Å². The van der Waals surface area contributed by atoms with Crippen molar-refractivity contribution in [1.82, 2.24) is 0 Å². The summed E-state index contributed by atoms with van der Waals surface area (Å²) in [5.74, 6) is -0.119. The average Bonchev–Trinajstić information content (AvgIpc) is 2.52. The van der Waals surface area contributed by atoms with Crippen LogP contribution in [0.4, 0.5) is 0 Å². The van der Waals surface area contributed by atoms with E-state index in [1.54, 1.807) is 0 Å². The summed E-state index contributed by atoms with van der Waals surface area (Å²) in [6, 6.07) is 0. The second-order valence-corrected chi connectivity index (χ2v) is 5.88. The lowest BCUT2D eigenvalue weighted by atomic mass is 10.1. The fourth-order valence-electron chi connectivity index (χ4n) is 2.00. The number of carbonyl (C=O) groups excluding carboxylic acids is 1. The van der Waals surface area contributed by atoms with Gasteiger partial charge < -0.3 is 18.9 Å². The minimum absolute atomic E-state index is 0.119. The number of rotatable bonds is 17. The van der Waals surface area contributed by atoms with E-state index in [-0.39, 0.29) is 12.1 Å². The van der Waals surface area contributed by atoms with Gasteiger partial charge in [0.05, 0.1) is 39.1 Å². The quantitative estimate of drug-likeness (QED) is 0.300. The van der Waals surface area contributed by atoms with Crippen LogP contribution in [0, 0.1) is 0 Å². The first-order valence-corrected chi connectivity index (χ1v) is 9.09. The van der Waals surface area contributed by atoms with Gasteiger partial charge in [0.1, 0.15) is 6.61 Å². The Balaban J connectivity index is 3.14. The Kier molecular flexibility index (Phi) is 17.2. The molecule has 0 aromatic carbocycles. The highest BCUT2D eigenvalue weighted by Gasteiger charge is 2.02. The number of hydrogen-bond acceptors (Lipinski definition) is 5. The number of hydrogen-bond donors (Lipinski definition) is 0. The number of carbonyl (C=O) groups is 1. The van der Waals surface area contributed by atoms with Crippen LogP contribution < -0.4 is 0 Å². The van der Waals surface area contributed by atoms with E-state index >= 15 is 0 Å². The van der Waals surface area contributed by atoms with Crippen LogP contribution in [-0.2, 0) is 23.7 Å². The monoisotopic (exact) mass is 332 g/mol. The van der Waals surface area contributed by atoms with Crippen LogP contribution in [0.2, 0.25) is 0 Å². The normalized spacial score (nSPS) is 11.1. The Morgan fingerprint density at radius 2 is 1.35 bits per heavy atom. The Hall–Kier alpha value is -0.650. The second kappa shape index (κ2) is 17.7. The minimum atomic E-state index is -0.119. The number of ether oxygens (including phenoxy) is 4. The third-order valence-electron chi connectivity index (χ3n) is 3.28. The highest BCUT2D eigenvalue weighted by molar-refractivity contribution is 5.69. The van der Waals surface area contributed by atoms with Crippen molar-refractivity contribution in [2.24, 2.45) is 0 Å². The lowest BCUT2D eigenvalue weighted by Gasteiger charge is -2.09. The van der Waals surface area contributed by atoms with Crippen molar-refractivity contribution in [2.45, 2.75) is 71.8 Å². The SMILES string of the molecule is CCCCCCCCC(=O)OCCOCCOCCOC(C)C. The zero-order valence-electron chi connectivity index (χ0n) is 15.3. The molecule has 0 bridgehead atoms. The Morgan fingerprint density at radius 1 is 0.783 bits per heavy atom. The molecular formula is C18H36O5. The van der Waals surface area contributed by atoms with E-state index in [0.29, 0.717) is 46.1 Å². The fourth-order valence-corrected chi connectivity index (χ4v) is 2.00. The number of unbranched alkanes of at least 4 members (excludes halogenated alkanes) is 5. The van der Waals surface area contributed by atoms with Gasteiger partial charge in [-0.05, 0) is 20.3 Å². The number of esters is 1. The van der Waals surface area contributed by atoms with Gasteiger partial charge in [0.2, 0.25) is 0 Å². The first-order valence-electron chi connectivity index (χ1n) is 9.09. The summed E-state index contributed by atoms with van der Waals surface area (Å²) >= 11 is 0. The van der Waals surface area contributed by atoms with Gasteiger partial charge in [-0.3, -0.25) is 4.79 Å². The first-order chi connectivity index (χ1) is 11.2. The van der Waals surface area contributed by atoms with Crippen molar-refractivity contribution >= 4 is 5.97 Å². The van der Waals surface area contributed by atoms with E-state index in [4.69, 9.17) is 18.9 Å². The van der Waals surface area contributed by atoms with Crippen molar-refractivity contribution in [1.29, 1.82) is 0 Å². The van der Waals surface area contributed by atoms with Gasteiger partial charge >= 0.3 is 5.97 Å². The van der Waals surface area contributed by atoms with Crippen molar-refractivity contribution in [3.63, 3.8) is 0 Å². The van der Waals surface area contributed by atoms with Crippen molar-refractivity contribution < 1.29 is 23.7 Å². The molecule has 0 radical (unpaired) electrons.